The summed E-state index contributed by atoms with van der Waals surface area (Å²) in [5.74, 6) is 0.0636. The van der Waals surface area contributed by atoms with Crippen LogP contribution in [0.15, 0.2) is 41.2 Å². The van der Waals surface area contributed by atoms with Crippen LogP contribution in [0.5, 0.6) is 5.75 Å². The molecule has 1 heterocycles. The van der Waals surface area contributed by atoms with E-state index in [9.17, 15) is 19.1 Å². The molecule has 38 heavy (non-hydrogen) atoms. The number of H-pyrrole nitrogens is 1. The Kier molecular flexibility index (Phi) is 10.7. The molecule has 9 heteroatoms. The molecule has 1 aliphatic carbocycles. The molecule has 0 bridgehead atoms. The highest BCUT2D eigenvalue weighted by molar-refractivity contribution is 7.16. The topological polar surface area (TPSA) is 97.5 Å². The van der Waals surface area contributed by atoms with Crippen molar-refractivity contribution in [3.8, 4) is 5.75 Å². The average molecular weight is 543 g/mol. The van der Waals surface area contributed by atoms with Gasteiger partial charge in [-0.25, -0.2) is 4.39 Å². The van der Waals surface area contributed by atoms with Crippen molar-refractivity contribution >= 4 is 27.5 Å². The first kappa shape index (κ1) is 28.3. The number of aromatic amines is 1. The van der Waals surface area contributed by atoms with E-state index in [2.05, 4.69) is 20.5 Å². The summed E-state index contributed by atoms with van der Waals surface area (Å²) in [7, 11) is 0. The summed E-state index contributed by atoms with van der Waals surface area (Å²) in [6.07, 6.45) is 8.88. The summed E-state index contributed by atoms with van der Waals surface area (Å²) in [5.41, 5.74) is 2.48. The van der Waals surface area contributed by atoms with Crippen molar-refractivity contribution in [1.29, 1.82) is 0 Å². The van der Waals surface area contributed by atoms with Crippen LogP contribution in [0.2, 0.25) is 0 Å². The summed E-state index contributed by atoms with van der Waals surface area (Å²) in [4.78, 5) is 29.6. The van der Waals surface area contributed by atoms with E-state index in [1.54, 1.807) is 18.2 Å². The lowest BCUT2D eigenvalue weighted by Crippen LogP contribution is -2.45. The van der Waals surface area contributed by atoms with E-state index in [4.69, 9.17) is 0 Å². The third-order valence-corrected chi connectivity index (χ3v) is 8.28. The molecular formula is C29H39FN4O3S. The SMILES string of the molecule is O=C(CCNCCc1cccc(F)c1)N(CCNCCc1ccc(O)c2[nH]c(=O)sc12)C1CCCCCC1. The largest absolute Gasteiger partial charge is 0.506 e. The molecule has 1 fully saturated rings. The highest BCUT2D eigenvalue weighted by Crippen LogP contribution is 2.28. The van der Waals surface area contributed by atoms with Gasteiger partial charge in [-0.05, 0) is 68.1 Å². The van der Waals surface area contributed by atoms with Crippen molar-refractivity contribution in [3.63, 3.8) is 0 Å². The highest BCUT2D eigenvalue weighted by Gasteiger charge is 2.24. The van der Waals surface area contributed by atoms with E-state index in [-0.39, 0.29) is 22.3 Å². The van der Waals surface area contributed by atoms with Gasteiger partial charge in [-0.15, -0.1) is 0 Å². The Balaban J connectivity index is 1.24. The number of nitrogens with zero attached hydrogens (tertiary/aromatic N) is 1. The predicted octanol–water partition coefficient (Wildman–Crippen LogP) is 4.34. The second-order valence-electron chi connectivity index (χ2n) is 10.1. The monoisotopic (exact) mass is 542 g/mol. The van der Waals surface area contributed by atoms with Gasteiger partial charge in [0.2, 0.25) is 5.91 Å². The normalized spacial score (nSPS) is 14.6. The first-order chi connectivity index (χ1) is 18.5. The van der Waals surface area contributed by atoms with Crippen molar-refractivity contribution in [2.45, 2.75) is 63.8 Å². The van der Waals surface area contributed by atoms with Crippen LogP contribution in [0.1, 0.15) is 56.1 Å². The number of thiazole rings is 1. The lowest BCUT2D eigenvalue weighted by atomic mass is 10.1. The second-order valence-corrected chi connectivity index (χ2v) is 11.1. The molecule has 1 aromatic heterocycles. The fraction of sp³-hybridized carbons (Fsp3) is 0.517. The number of hydrogen-bond donors (Lipinski definition) is 4. The van der Waals surface area contributed by atoms with Crippen molar-refractivity contribution in [3.05, 3.63) is 63.0 Å². The van der Waals surface area contributed by atoms with Gasteiger partial charge in [-0.3, -0.25) is 9.59 Å². The molecular weight excluding hydrogens is 503 g/mol. The fourth-order valence-corrected chi connectivity index (χ4v) is 6.18. The number of phenols is 1. The number of fused-ring (bicyclic) bond motifs is 1. The lowest BCUT2D eigenvalue weighted by molar-refractivity contribution is -0.133. The number of benzene rings is 2. The number of aromatic hydroxyl groups is 1. The fourth-order valence-electron chi connectivity index (χ4n) is 5.29. The molecule has 0 atom stereocenters. The summed E-state index contributed by atoms with van der Waals surface area (Å²) >= 11 is 1.12. The third kappa shape index (κ3) is 8.12. The molecule has 0 aliphatic heterocycles. The number of rotatable bonds is 13. The molecule has 1 amide bonds. The van der Waals surface area contributed by atoms with E-state index >= 15 is 0 Å². The number of carbonyl (C=O) groups excluding carboxylic acids is 1. The van der Waals surface area contributed by atoms with Crippen LogP contribution in [0, 0.1) is 5.82 Å². The van der Waals surface area contributed by atoms with E-state index in [0.29, 0.717) is 44.2 Å². The zero-order chi connectivity index (χ0) is 26.7. The van der Waals surface area contributed by atoms with Gasteiger partial charge in [0.15, 0.2) is 0 Å². The van der Waals surface area contributed by atoms with Crippen LogP contribution in [0.4, 0.5) is 4.39 Å². The van der Waals surface area contributed by atoms with Crippen LogP contribution in [-0.2, 0) is 17.6 Å². The molecule has 0 radical (unpaired) electrons. The molecule has 1 saturated carbocycles. The minimum Gasteiger partial charge on any atom is -0.506 e. The molecule has 7 nitrogen and oxygen atoms in total. The van der Waals surface area contributed by atoms with Gasteiger partial charge in [0.25, 0.3) is 0 Å². The smallest absolute Gasteiger partial charge is 0.305 e. The van der Waals surface area contributed by atoms with Gasteiger partial charge < -0.3 is 25.6 Å². The predicted molar refractivity (Wildman–Crippen MR) is 151 cm³/mol. The van der Waals surface area contributed by atoms with E-state index < -0.39 is 0 Å². The highest BCUT2D eigenvalue weighted by atomic mass is 32.1. The molecule has 0 spiro atoms. The van der Waals surface area contributed by atoms with Gasteiger partial charge in [0.05, 0.1) is 4.70 Å². The van der Waals surface area contributed by atoms with Gasteiger partial charge in [-0.2, -0.15) is 0 Å². The van der Waals surface area contributed by atoms with Crippen molar-refractivity contribution in [2.24, 2.45) is 0 Å². The Labute approximate surface area is 227 Å². The zero-order valence-electron chi connectivity index (χ0n) is 21.9. The number of aromatic nitrogens is 1. The minimum atomic E-state index is -0.219. The Morgan fingerprint density at radius 2 is 1.79 bits per heavy atom. The Hall–Kier alpha value is -2.75. The quantitative estimate of drug-likeness (QED) is 0.190. The van der Waals surface area contributed by atoms with Gasteiger partial charge in [-0.1, -0.05) is 55.2 Å². The Morgan fingerprint density at radius 1 is 1.03 bits per heavy atom. The number of nitrogens with one attached hydrogen (secondary N) is 3. The molecule has 2 aromatic carbocycles. The maximum absolute atomic E-state index is 13.4. The third-order valence-electron chi connectivity index (χ3n) is 7.32. The van der Waals surface area contributed by atoms with Gasteiger partial charge in [0.1, 0.15) is 17.1 Å². The number of carbonyl (C=O) groups is 1. The van der Waals surface area contributed by atoms with Crippen molar-refractivity contribution < 1.29 is 14.3 Å². The minimum absolute atomic E-state index is 0.0936. The number of phenolic OH excluding ortho intramolecular Hbond substituents is 1. The standard InChI is InChI=1S/C29H39FN4O3S/c30-23-7-5-6-21(20-23)12-15-31-17-14-26(36)34(24-8-3-1-2-4-9-24)19-18-32-16-13-22-10-11-25(35)27-28(22)38-29(37)33-27/h5-7,10-11,20,24,31-32,35H,1-4,8-9,12-19H2,(H,33,37). The number of amides is 1. The summed E-state index contributed by atoms with van der Waals surface area (Å²) < 4.78 is 14.2. The van der Waals surface area contributed by atoms with Crippen molar-refractivity contribution in [2.75, 3.05) is 32.7 Å². The van der Waals surface area contributed by atoms with Crippen LogP contribution >= 0.6 is 11.3 Å². The molecule has 1 aliphatic rings. The molecule has 0 unspecified atom stereocenters. The van der Waals surface area contributed by atoms with Gasteiger partial charge in [0, 0.05) is 32.1 Å². The van der Waals surface area contributed by atoms with Crippen molar-refractivity contribution in [1.82, 2.24) is 20.5 Å². The molecule has 4 N–H and O–H groups in total. The van der Waals surface area contributed by atoms with Crippen LogP contribution in [0.25, 0.3) is 10.2 Å². The maximum atomic E-state index is 13.4. The van der Waals surface area contributed by atoms with Crippen LogP contribution in [0.3, 0.4) is 0 Å². The van der Waals surface area contributed by atoms with E-state index in [1.807, 2.05) is 12.1 Å². The molecule has 0 saturated heterocycles. The maximum Gasteiger partial charge on any atom is 0.305 e. The molecule has 206 valence electrons. The Morgan fingerprint density at radius 3 is 2.58 bits per heavy atom. The summed E-state index contributed by atoms with van der Waals surface area (Å²) in [5, 5.41) is 16.8. The second kappa shape index (κ2) is 14.4. The summed E-state index contributed by atoms with van der Waals surface area (Å²) in [6, 6.07) is 10.4. The molecule has 4 rings (SSSR count). The summed E-state index contributed by atoms with van der Waals surface area (Å²) in [6.45, 7) is 3.43. The first-order valence-electron chi connectivity index (χ1n) is 13.8. The van der Waals surface area contributed by atoms with Crippen LogP contribution < -0.4 is 15.5 Å². The van der Waals surface area contributed by atoms with E-state index in [0.717, 1.165) is 59.4 Å². The van der Waals surface area contributed by atoms with Crippen LogP contribution in [-0.4, -0.2) is 59.7 Å². The average Bonchev–Trinajstić information content (AvgIpc) is 3.11. The van der Waals surface area contributed by atoms with E-state index in [1.165, 1.54) is 31.7 Å². The molecule has 3 aromatic rings. The zero-order valence-corrected chi connectivity index (χ0v) is 22.8. The number of halogens is 1. The first-order valence-corrected chi connectivity index (χ1v) is 14.6. The Bertz CT molecular complexity index is 1240. The number of hydrogen-bond acceptors (Lipinski definition) is 6. The lowest BCUT2D eigenvalue weighted by Gasteiger charge is -2.32. The van der Waals surface area contributed by atoms with Gasteiger partial charge >= 0.3 is 4.87 Å².